The molecule has 0 saturated carbocycles. The van der Waals surface area contributed by atoms with Gasteiger partial charge in [0.15, 0.2) is 0 Å². The second kappa shape index (κ2) is 10.4. The fourth-order valence-corrected chi connectivity index (χ4v) is 1.72. The van der Waals surface area contributed by atoms with Gasteiger partial charge in [-0.2, -0.15) is 0 Å². The maximum Gasteiger partial charge on any atom is 0.0365 e. The van der Waals surface area contributed by atoms with Crippen LogP contribution in [0.25, 0.3) is 0 Å². The zero-order valence-electron chi connectivity index (χ0n) is 13.1. The van der Waals surface area contributed by atoms with Crippen molar-refractivity contribution in [3.63, 3.8) is 0 Å². The summed E-state index contributed by atoms with van der Waals surface area (Å²) in [5, 5.41) is 0. The van der Waals surface area contributed by atoms with Crippen LogP contribution in [0.1, 0.15) is 40.5 Å². The highest BCUT2D eigenvalue weighted by atomic mass is 15.1. The first-order valence-electron chi connectivity index (χ1n) is 6.97. The monoisotopic (exact) mass is 259 g/mol. The molecule has 0 aromatic heterocycles. The lowest BCUT2D eigenvalue weighted by Crippen LogP contribution is -2.22. The van der Waals surface area contributed by atoms with E-state index in [0.29, 0.717) is 0 Å². The maximum atomic E-state index is 4.08. The summed E-state index contributed by atoms with van der Waals surface area (Å²) < 4.78 is 0. The van der Waals surface area contributed by atoms with Gasteiger partial charge < -0.3 is 4.90 Å². The summed E-state index contributed by atoms with van der Waals surface area (Å²) in [6, 6.07) is 0. The molecule has 0 aliphatic rings. The van der Waals surface area contributed by atoms with Gasteiger partial charge in [-0.3, -0.25) is 0 Å². The van der Waals surface area contributed by atoms with Crippen molar-refractivity contribution in [2.24, 2.45) is 0 Å². The summed E-state index contributed by atoms with van der Waals surface area (Å²) in [6.45, 7) is 18.1. The van der Waals surface area contributed by atoms with Crippen LogP contribution in [0.2, 0.25) is 0 Å². The number of allylic oxidation sites excluding steroid dienone is 5. The van der Waals surface area contributed by atoms with E-state index < -0.39 is 0 Å². The smallest absolute Gasteiger partial charge is 0.0365 e. The molecule has 0 aromatic carbocycles. The minimum Gasteiger partial charge on any atom is -0.365 e. The van der Waals surface area contributed by atoms with Crippen LogP contribution in [-0.2, 0) is 0 Å². The average Bonchev–Trinajstić information content (AvgIpc) is 2.34. The summed E-state index contributed by atoms with van der Waals surface area (Å²) in [7, 11) is 0. The first-order valence-corrected chi connectivity index (χ1v) is 6.97. The van der Waals surface area contributed by atoms with Crippen LogP contribution >= 0.6 is 0 Å². The molecule has 0 spiro atoms. The first-order chi connectivity index (χ1) is 9.01. The van der Waals surface area contributed by atoms with Crippen LogP contribution in [-0.4, -0.2) is 18.0 Å². The van der Waals surface area contributed by atoms with Crippen molar-refractivity contribution >= 4 is 0 Å². The van der Waals surface area contributed by atoms with Gasteiger partial charge in [-0.25, -0.2) is 0 Å². The molecule has 106 valence electrons. The SMILES string of the molecule is C=CCN(C/C=C(/C)CCC=C(C)C)C(=C)/C=C/C. The minimum absolute atomic E-state index is 0.834. The molecule has 0 radical (unpaired) electrons. The van der Waals surface area contributed by atoms with Crippen molar-refractivity contribution < 1.29 is 0 Å². The minimum atomic E-state index is 0.834. The lowest BCUT2D eigenvalue weighted by molar-refractivity contribution is 0.435. The molecule has 0 saturated heterocycles. The number of hydrogen-bond acceptors (Lipinski definition) is 1. The summed E-state index contributed by atoms with van der Waals surface area (Å²) in [6.07, 6.45) is 12.8. The van der Waals surface area contributed by atoms with Crippen LogP contribution < -0.4 is 0 Å². The van der Waals surface area contributed by atoms with E-state index in [1.165, 1.54) is 11.1 Å². The largest absolute Gasteiger partial charge is 0.365 e. The topological polar surface area (TPSA) is 3.24 Å². The van der Waals surface area contributed by atoms with E-state index in [4.69, 9.17) is 0 Å². The normalized spacial score (nSPS) is 11.5. The van der Waals surface area contributed by atoms with E-state index in [0.717, 1.165) is 31.6 Å². The van der Waals surface area contributed by atoms with Gasteiger partial charge in [0.25, 0.3) is 0 Å². The Kier molecular flexibility index (Phi) is 9.60. The molecule has 0 aromatic rings. The quantitative estimate of drug-likeness (QED) is 0.403. The molecule has 1 heteroatoms. The van der Waals surface area contributed by atoms with E-state index >= 15 is 0 Å². The van der Waals surface area contributed by atoms with E-state index in [1.807, 2.05) is 25.2 Å². The summed E-state index contributed by atoms with van der Waals surface area (Å²) in [4.78, 5) is 2.22. The maximum absolute atomic E-state index is 4.08. The number of rotatable bonds is 9. The molecule has 0 atom stereocenters. The van der Waals surface area contributed by atoms with E-state index in [2.05, 4.69) is 51.0 Å². The van der Waals surface area contributed by atoms with Gasteiger partial charge in [0.05, 0.1) is 0 Å². The highest BCUT2D eigenvalue weighted by molar-refractivity contribution is 5.15. The summed E-state index contributed by atoms with van der Waals surface area (Å²) >= 11 is 0. The number of nitrogens with zero attached hydrogens (tertiary/aromatic N) is 1. The van der Waals surface area contributed by atoms with E-state index in [1.54, 1.807) is 0 Å². The Hall–Kier alpha value is -1.50. The third kappa shape index (κ3) is 9.12. The molecule has 1 nitrogen and oxygen atoms in total. The molecular formula is C18H29N. The third-order valence-corrected chi connectivity index (χ3v) is 2.87. The van der Waals surface area contributed by atoms with Gasteiger partial charge in [0.2, 0.25) is 0 Å². The van der Waals surface area contributed by atoms with Crippen molar-refractivity contribution in [3.05, 3.63) is 60.4 Å². The third-order valence-electron chi connectivity index (χ3n) is 2.87. The molecule has 0 heterocycles. The van der Waals surface area contributed by atoms with Crippen LogP contribution in [0.3, 0.4) is 0 Å². The van der Waals surface area contributed by atoms with Gasteiger partial charge in [-0.15, -0.1) is 6.58 Å². The van der Waals surface area contributed by atoms with Gasteiger partial charge in [0, 0.05) is 18.8 Å². The molecule has 0 N–H and O–H groups in total. The Morgan fingerprint density at radius 1 is 1.11 bits per heavy atom. The van der Waals surface area contributed by atoms with Crippen molar-refractivity contribution in [1.29, 1.82) is 0 Å². The predicted molar refractivity (Wildman–Crippen MR) is 88.1 cm³/mol. The second-order valence-corrected chi connectivity index (χ2v) is 5.06. The molecule has 19 heavy (non-hydrogen) atoms. The van der Waals surface area contributed by atoms with Crippen LogP contribution in [0, 0.1) is 0 Å². The van der Waals surface area contributed by atoms with Gasteiger partial charge in [-0.1, -0.05) is 42.0 Å². The fraction of sp³-hybridized carbons (Fsp3) is 0.444. The zero-order valence-corrected chi connectivity index (χ0v) is 13.1. The summed E-state index contributed by atoms with van der Waals surface area (Å²) in [5.41, 5.74) is 3.86. The Morgan fingerprint density at radius 2 is 1.79 bits per heavy atom. The first kappa shape index (κ1) is 17.5. The summed E-state index contributed by atoms with van der Waals surface area (Å²) in [5.74, 6) is 0. The van der Waals surface area contributed by atoms with E-state index in [9.17, 15) is 0 Å². The van der Waals surface area contributed by atoms with Crippen LogP contribution in [0.15, 0.2) is 60.4 Å². The predicted octanol–water partition coefficient (Wildman–Crippen LogP) is 5.26. The Bertz CT molecular complexity index is 365. The van der Waals surface area contributed by atoms with Gasteiger partial charge in [-0.05, 0) is 46.6 Å². The van der Waals surface area contributed by atoms with Crippen molar-refractivity contribution in [3.8, 4) is 0 Å². The molecule has 0 aliphatic heterocycles. The lowest BCUT2D eigenvalue weighted by atomic mass is 10.1. The van der Waals surface area contributed by atoms with Crippen LogP contribution in [0.4, 0.5) is 0 Å². The lowest BCUT2D eigenvalue weighted by Gasteiger charge is -2.22. The van der Waals surface area contributed by atoms with Crippen molar-refractivity contribution in [2.75, 3.05) is 13.1 Å². The van der Waals surface area contributed by atoms with Gasteiger partial charge >= 0.3 is 0 Å². The molecular weight excluding hydrogens is 230 g/mol. The fourth-order valence-electron chi connectivity index (χ4n) is 1.72. The molecule has 0 fully saturated rings. The Balaban J connectivity index is 4.39. The Labute approximate surface area is 119 Å². The second-order valence-electron chi connectivity index (χ2n) is 5.06. The van der Waals surface area contributed by atoms with Crippen molar-refractivity contribution in [1.82, 2.24) is 4.90 Å². The molecule has 0 rings (SSSR count). The molecule has 0 bridgehead atoms. The Morgan fingerprint density at radius 3 is 2.32 bits per heavy atom. The molecule has 0 unspecified atom stereocenters. The van der Waals surface area contributed by atoms with Crippen molar-refractivity contribution in [2.45, 2.75) is 40.5 Å². The van der Waals surface area contributed by atoms with Gasteiger partial charge in [0.1, 0.15) is 0 Å². The zero-order chi connectivity index (χ0) is 14.7. The molecule has 0 amide bonds. The number of hydrogen-bond donors (Lipinski definition) is 0. The standard InChI is InChI=1S/C18H29N/c1-7-10-18(6)19(14-8-2)15-13-17(5)12-9-11-16(3)4/h7-8,10-11,13H,2,6,9,12,14-15H2,1,3-5H3/b10-7+,17-13-. The average molecular weight is 259 g/mol. The highest BCUT2D eigenvalue weighted by Gasteiger charge is 2.01. The highest BCUT2D eigenvalue weighted by Crippen LogP contribution is 2.09. The van der Waals surface area contributed by atoms with Crippen LogP contribution in [0.5, 0.6) is 0 Å². The molecule has 0 aliphatic carbocycles. The van der Waals surface area contributed by atoms with E-state index in [-0.39, 0.29) is 0 Å².